The molecule has 5 nitrogen and oxygen atoms in total. The number of carbonyl (C=O) groups is 2. The number of nitrogens with zero attached hydrogens (tertiary/aromatic N) is 2. The van der Waals surface area contributed by atoms with E-state index in [-0.39, 0.29) is 22.9 Å². The zero-order chi connectivity index (χ0) is 25.4. The molecule has 1 aromatic heterocycles. The Hall–Kier alpha value is -3.93. The van der Waals surface area contributed by atoms with Crippen LogP contribution in [0.25, 0.3) is 11.8 Å². The van der Waals surface area contributed by atoms with Gasteiger partial charge in [0.25, 0.3) is 5.91 Å². The van der Waals surface area contributed by atoms with E-state index in [0.29, 0.717) is 17.3 Å². The zero-order valence-corrected chi connectivity index (χ0v) is 20.8. The first-order chi connectivity index (χ1) is 16.6. The number of ether oxygens (including phenoxy) is 1. The van der Waals surface area contributed by atoms with E-state index in [1.807, 2.05) is 48.7 Å². The summed E-state index contributed by atoms with van der Waals surface area (Å²) in [5.41, 5.74) is 6.31. The Morgan fingerprint density at radius 2 is 1.57 bits per heavy atom. The average molecular weight is 473 g/mol. The summed E-state index contributed by atoms with van der Waals surface area (Å²) in [4.78, 5) is 28.0. The van der Waals surface area contributed by atoms with Crippen LogP contribution in [0.1, 0.15) is 49.2 Å². The molecule has 0 saturated carbocycles. The third-order valence-electron chi connectivity index (χ3n) is 6.46. The molecule has 0 spiro atoms. The third kappa shape index (κ3) is 4.32. The van der Waals surface area contributed by atoms with Crippen molar-refractivity contribution in [3.63, 3.8) is 0 Å². The molecular weight excluding hydrogens is 443 g/mol. The highest BCUT2D eigenvalue weighted by atomic mass is 19.1. The van der Waals surface area contributed by atoms with Crippen LogP contribution in [0.15, 0.2) is 71.4 Å². The highest BCUT2D eigenvalue weighted by molar-refractivity contribution is 6.23. The van der Waals surface area contributed by atoms with Crippen molar-refractivity contribution in [2.24, 2.45) is 0 Å². The van der Waals surface area contributed by atoms with E-state index in [2.05, 4.69) is 13.8 Å². The molecule has 0 N–H and O–H groups in total. The van der Waals surface area contributed by atoms with Gasteiger partial charge in [-0.05, 0) is 86.4 Å². The number of halogens is 1. The van der Waals surface area contributed by atoms with E-state index in [0.717, 1.165) is 22.6 Å². The van der Waals surface area contributed by atoms with Crippen molar-refractivity contribution in [1.29, 1.82) is 0 Å². The monoisotopic (exact) mass is 472 g/mol. The number of anilines is 1. The van der Waals surface area contributed by atoms with Crippen LogP contribution in [0.4, 0.5) is 10.1 Å². The summed E-state index contributed by atoms with van der Waals surface area (Å²) < 4.78 is 20.5. The minimum Gasteiger partial charge on any atom is -0.465 e. The predicted molar refractivity (Wildman–Crippen MR) is 136 cm³/mol. The zero-order valence-electron chi connectivity index (χ0n) is 20.8. The number of aromatic nitrogens is 1. The van der Waals surface area contributed by atoms with Crippen molar-refractivity contribution in [3.05, 3.63) is 99.8 Å². The van der Waals surface area contributed by atoms with Crippen LogP contribution in [-0.2, 0) is 14.3 Å². The topological polar surface area (TPSA) is 51.5 Å². The number of allylic oxidation sites excluding steroid dienone is 1. The number of methoxy groups -OCH3 is 1. The van der Waals surface area contributed by atoms with Gasteiger partial charge in [-0.25, -0.2) is 9.18 Å². The second kappa shape index (κ2) is 9.37. The van der Waals surface area contributed by atoms with Crippen LogP contribution in [0.5, 0.6) is 0 Å². The van der Waals surface area contributed by atoms with Crippen LogP contribution >= 0.6 is 0 Å². The van der Waals surface area contributed by atoms with Gasteiger partial charge in [0, 0.05) is 28.5 Å². The van der Waals surface area contributed by atoms with Crippen LogP contribution in [0, 0.1) is 19.7 Å². The number of carbonyl (C=O) groups excluding carboxylic acids is 2. The first-order valence-electron chi connectivity index (χ1n) is 11.5. The van der Waals surface area contributed by atoms with Gasteiger partial charge in [-0.15, -0.1) is 0 Å². The van der Waals surface area contributed by atoms with Gasteiger partial charge in [-0.3, -0.25) is 9.69 Å². The molecule has 6 heteroatoms. The molecule has 180 valence electrons. The number of aryl methyl sites for hydroxylation is 1. The largest absolute Gasteiger partial charge is 0.465 e. The maximum atomic E-state index is 13.6. The summed E-state index contributed by atoms with van der Waals surface area (Å²) >= 11 is 0. The van der Waals surface area contributed by atoms with Gasteiger partial charge in [0.1, 0.15) is 5.82 Å². The van der Waals surface area contributed by atoms with Gasteiger partial charge in [-0.1, -0.05) is 26.0 Å². The summed E-state index contributed by atoms with van der Waals surface area (Å²) in [7, 11) is 1.31. The Kier molecular flexibility index (Phi) is 6.48. The first-order valence-corrected chi connectivity index (χ1v) is 11.5. The standard InChI is InChI=1S/C29H29FN2O3/c1-17(2)21-7-11-25(12-8-21)32-20(5)27(29(34)35-6)26(28(32)33)16-22-15-18(3)31(19(22)4)24-13-9-23(30)10-14-24/h7-17H,1-6H3/b26-16-. The molecular formula is C29H29FN2O3. The van der Waals surface area contributed by atoms with E-state index in [1.165, 1.54) is 24.8 Å². The molecule has 4 rings (SSSR count). The Morgan fingerprint density at radius 1 is 0.971 bits per heavy atom. The summed E-state index contributed by atoms with van der Waals surface area (Å²) in [6.07, 6.45) is 1.74. The highest BCUT2D eigenvalue weighted by Crippen LogP contribution is 2.36. The molecule has 3 aromatic rings. The van der Waals surface area contributed by atoms with Gasteiger partial charge in [0.2, 0.25) is 0 Å². The highest BCUT2D eigenvalue weighted by Gasteiger charge is 2.38. The minimum atomic E-state index is -0.559. The summed E-state index contributed by atoms with van der Waals surface area (Å²) in [5, 5.41) is 0. The fourth-order valence-corrected chi connectivity index (χ4v) is 4.58. The molecule has 0 fully saturated rings. The van der Waals surface area contributed by atoms with Gasteiger partial charge in [0.05, 0.1) is 18.3 Å². The summed E-state index contributed by atoms with van der Waals surface area (Å²) in [6, 6.07) is 16.0. The number of rotatable bonds is 5. The quantitative estimate of drug-likeness (QED) is 0.327. The number of esters is 1. The minimum absolute atomic E-state index is 0.247. The number of hydrogen-bond donors (Lipinski definition) is 0. The second-order valence-corrected chi connectivity index (χ2v) is 9.04. The van der Waals surface area contributed by atoms with Crippen molar-refractivity contribution in [2.45, 2.75) is 40.5 Å². The Balaban J connectivity index is 1.81. The van der Waals surface area contributed by atoms with Crippen molar-refractivity contribution in [1.82, 2.24) is 4.57 Å². The number of benzene rings is 2. The molecule has 0 bridgehead atoms. The predicted octanol–water partition coefficient (Wildman–Crippen LogP) is 6.23. The smallest absolute Gasteiger partial charge is 0.340 e. The molecule has 0 atom stereocenters. The molecule has 0 radical (unpaired) electrons. The van der Waals surface area contributed by atoms with Gasteiger partial charge >= 0.3 is 5.97 Å². The van der Waals surface area contributed by atoms with Crippen LogP contribution in [-0.4, -0.2) is 23.6 Å². The maximum Gasteiger partial charge on any atom is 0.340 e. The lowest BCUT2D eigenvalue weighted by Crippen LogP contribution is -2.24. The van der Waals surface area contributed by atoms with Crippen LogP contribution < -0.4 is 4.90 Å². The second-order valence-electron chi connectivity index (χ2n) is 9.04. The number of hydrogen-bond acceptors (Lipinski definition) is 3. The van der Waals surface area contributed by atoms with Crippen molar-refractivity contribution in [2.75, 3.05) is 12.0 Å². The van der Waals surface area contributed by atoms with E-state index in [4.69, 9.17) is 4.74 Å². The lowest BCUT2D eigenvalue weighted by molar-refractivity contribution is -0.136. The van der Waals surface area contributed by atoms with Crippen LogP contribution in [0.2, 0.25) is 0 Å². The molecule has 0 aliphatic carbocycles. The number of amides is 1. The normalized spacial score (nSPS) is 15.0. The molecule has 0 saturated heterocycles. The molecule has 1 aliphatic rings. The van der Waals surface area contributed by atoms with Gasteiger partial charge in [-0.2, -0.15) is 0 Å². The van der Waals surface area contributed by atoms with Crippen molar-refractivity contribution < 1.29 is 18.7 Å². The van der Waals surface area contributed by atoms with E-state index in [9.17, 15) is 14.0 Å². The Morgan fingerprint density at radius 3 is 2.14 bits per heavy atom. The lowest BCUT2D eigenvalue weighted by atomic mass is 10.0. The molecule has 0 unspecified atom stereocenters. The van der Waals surface area contributed by atoms with E-state index in [1.54, 1.807) is 30.0 Å². The van der Waals surface area contributed by atoms with Crippen LogP contribution in [0.3, 0.4) is 0 Å². The maximum absolute atomic E-state index is 13.6. The van der Waals surface area contributed by atoms with E-state index >= 15 is 0 Å². The average Bonchev–Trinajstić information content (AvgIpc) is 3.25. The Bertz CT molecular complexity index is 1360. The molecule has 1 amide bonds. The van der Waals surface area contributed by atoms with Gasteiger partial charge in [0.15, 0.2) is 0 Å². The molecule has 35 heavy (non-hydrogen) atoms. The van der Waals surface area contributed by atoms with Crippen molar-refractivity contribution in [3.8, 4) is 5.69 Å². The molecule has 1 aliphatic heterocycles. The molecule has 2 heterocycles. The van der Waals surface area contributed by atoms with E-state index < -0.39 is 5.97 Å². The van der Waals surface area contributed by atoms with Gasteiger partial charge < -0.3 is 9.30 Å². The summed E-state index contributed by atoms with van der Waals surface area (Å²) in [6.45, 7) is 9.85. The molecule has 2 aromatic carbocycles. The Labute approximate surface area is 205 Å². The fourth-order valence-electron chi connectivity index (χ4n) is 4.58. The third-order valence-corrected chi connectivity index (χ3v) is 6.46. The first kappa shape index (κ1) is 24.2. The van der Waals surface area contributed by atoms with Crippen molar-refractivity contribution >= 4 is 23.6 Å². The SMILES string of the molecule is COC(=O)C1=C(C)N(c2ccc(C(C)C)cc2)C(=O)/C1=C\c1cc(C)n(-c2ccc(F)cc2)c1C. The lowest BCUT2D eigenvalue weighted by Gasteiger charge is -2.19. The fraction of sp³-hybridized carbons (Fsp3) is 0.241. The summed E-state index contributed by atoms with van der Waals surface area (Å²) in [5.74, 6) is -0.783.